The quantitative estimate of drug-likeness (QED) is 0.560. The number of fused-ring (bicyclic) bond motifs is 3. The van der Waals surface area contributed by atoms with Crippen LogP contribution in [-0.2, 0) is 5.41 Å². The van der Waals surface area contributed by atoms with Gasteiger partial charge in [0.1, 0.15) is 17.1 Å². The minimum Gasteiger partial charge on any atom is -0.508 e. The lowest BCUT2D eigenvalue weighted by molar-refractivity contribution is 0.00741. The highest BCUT2D eigenvalue weighted by Crippen LogP contribution is 2.54. The molecule has 0 aromatic heterocycles. The van der Waals surface area contributed by atoms with Gasteiger partial charge in [-0.15, -0.1) is 0 Å². The lowest BCUT2D eigenvalue weighted by atomic mass is 9.66. The predicted molar refractivity (Wildman–Crippen MR) is 114 cm³/mol. The zero-order valence-electron chi connectivity index (χ0n) is 18.4. The second-order valence-corrected chi connectivity index (χ2v) is 10.5. The van der Waals surface area contributed by atoms with Crippen LogP contribution in [0.5, 0.6) is 11.5 Å². The average Bonchev–Trinajstić information content (AvgIpc) is 2.52. The van der Waals surface area contributed by atoms with Crippen molar-refractivity contribution in [3.8, 4) is 11.5 Å². The number of hydrogen-bond donors (Lipinski definition) is 1. The second-order valence-electron chi connectivity index (χ2n) is 10.5. The third-order valence-corrected chi connectivity index (χ3v) is 6.87. The van der Waals surface area contributed by atoms with E-state index in [0.717, 1.165) is 36.5 Å². The fraction of sp³-hybridized carbons (Fsp3) is 0.680. The summed E-state index contributed by atoms with van der Waals surface area (Å²) >= 11 is 0. The molecule has 150 valence electrons. The molecule has 2 atom stereocenters. The zero-order valence-corrected chi connectivity index (χ0v) is 18.4. The predicted octanol–water partition coefficient (Wildman–Crippen LogP) is 7.11. The van der Waals surface area contributed by atoms with Gasteiger partial charge in [0.05, 0.1) is 0 Å². The van der Waals surface area contributed by atoms with E-state index in [1.165, 1.54) is 24.0 Å². The number of phenols is 1. The Labute approximate surface area is 166 Å². The molecule has 1 N–H and O–H groups in total. The first kappa shape index (κ1) is 20.3. The van der Waals surface area contributed by atoms with Crippen molar-refractivity contribution in [2.45, 2.75) is 97.5 Å². The number of allylic oxidation sites excluding steroid dienone is 2. The molecular weight excluding hydrogens is 332 g/mol. The molecule has 0 saturated heterocycles. The van der Waals surface area contributed by atoms with Gasteiger partial charge in [-0.2, -0.15) is 0 Å². The van der Waals surface area contributed by atoms with Crippen molar-refractivity contribution in [3.63, 3.8) is 0 Å². The number of aromatic hydroxyl groups is 1. The standard InChI is InChI=1S/C25H38O2/c1-16(2)9-8-12-24(4,5)18-14-21(26)23-19-13-17(3)10-11-20(19)25(6,7)27-22(23)15-18/h10,14-16,19-20,26H,8-9,11-13H2,1-7H3/t19-,20-/m1/s1. The lowest BCUT2D eigenvalue weighted by Gasteiger charge is -2.47. The van der Waals surface area contributed by atoms with Crippen LogP contribution in [0.2, 0.25) is 0 Å². The Morgan fingerprint density at radius 3 is 2.63 bits per heavy atom. The largest absolute Gasteiger partial charge is 0.508 e. The van der Waals surface area contributed by atoms with E-state index in [9.17, 15) is 5.11 Å². The number of rotatable bonds is 5. The van der Waals surface area contributed by atoms with Gasteiger partial charge in [0.25, 0.3) is 0 Å². The van der Waals surface area contributed by atoms with Gasteiger partial charge in [0, 0.05) is 17.4 Å². The van der Waals surface area contributed by atoms with Gasteiger partial charge in [0.15, 0.2) is 0 Å². The van der Waals surface area contributed by atoms with E-state index < -0.39 is 0 Å². The molecule has 27 heavy (non-hydrogen) atoms. The van der Waals surface area contributed by atoms with Crippen molar-refractivity contribution in [2.24, 2.45) is 11.8 Å². The maximum Gasteiger partial charge on any atom is 0.127 e. The molecular formula is C25H38O2. The first-order chi connectivity index (χ1) is 12.5. The number of benzene rings is 1. The summed E-state index contributed by atoms with van der Waals surface area (Å²) in [6, 6.07) is 4.23. The van der Waals surface area contributed by atoms with Gasteiger partial charge in [0.2, 0.25) is 0 Å². The maximum atomic E-state index is 11.0. The Morgan fingerprint density at radius 2 is 1.96 bits per heavy atom. The van der Waals surface area contributed by atoms with E-state index in [0.29, 0.717) is 17.6 Å². The molecule has 2 nitrogen and oxygen atoms in total. The van der Waals surface area contributed by atoms with Crippen molar-refractivity contribution >= 4 is 0 Å². The number of ether oxygens (including phenoxy) is 1. The zero-order chi connectivity index (χ0) is 20.0. The molecule has 1 aromatic carbocycles. The molecule has 0 unspecified atom stereocenters. The van der Waals surface area contributed by atoms with Gasteiger partial charge < -0.3 is 9.84 Å². The maximum absolute atomic E-state index is 11.0. The third kappa shape index (κ3) is 4.05. The summed E-state index contributed by atoms with van der Waals surface area (Å²) in [5.41, 5.74) is 3.49. The Hall–Kier alpha value is -1.44. The highest BCUT2D eigenvalue weighted by Gasteiger charge is 2.46. The van der Waals surface area contributed by atoms with Crippen molar-refractivity contribution < 1.29 is 9.84 Å². The average molecular weight is 371 g/mol. The van der Waals surface area contributed by atoms with Gasteiger partial charge in [-0.25, -0.2) is 0 Å². The van der Waals surface area contributed by atoms with Crippen molar-refractivity contribution in [2.75, 3.05) is 0 Å². The first-order valence-corrected chi connectivity index (χ1v) is 10.7. The van der Waals surface area contributed by atoms with Crippen LogP contribution in [-0.4, -0.2) is 10.7 Å². The molecule has 0 bridgehead atoms. The summed E-state index contributed by atoms with van der Waals surface area (Å²) in [7, 11) is 0. The number of phenolic OH excluding ortho intramolecular Hbond substituents is 1. The monoisotopic (exact) mass is 370 g/mol. The molecule has 1 aliphatic heterocycles. The van der Waals surface area contributed by atoms with Crippen LogP contribution >= 0.6 is 0 Å². The van der Waals surface area contributed by atoms with Crippen LogP contribution in [0.4, 0.5) is 0 Å². The van der Waals surface area contributed by atoms with E-state index in [-0.39, 0.29) is 11.0 Å². The molecule has 1 heterocycles. The fourth-order valence-corrected chi connectivity index (χ4v) is 5.05. The first-order valence-electron chi connectivity index (χ1n) is 10.7. The summed E-state index contributed by atoms with van der Waals surface area (Å²) in [6.07, 6.45) is 7.99. The molecule has 2 aliphatic rings. The van der Waals surface area contributed by atoms with Crippen LogP contribution < -0.4 is 4.74 Å². The molecule has 1 aliphatic carbocycles. The molecule has 0 amide bonds. The van der Waals surface area contributed by atoms with Crippen LogP contribution in [0.25, 0.3) is 0 Å². The highest BCUT2D eigenvalue weighted by molar-refractivity contribution is 5.54. The summed E-state index contributed by atoms with van der Waals surface area (Å²) in [5, 5.41) is 11.0. The minimum atomic E-state index is -0.207. The van der Waals surface area contributed by atoms with Gasteiger partial charge in [-0.05, 0) is 69.1 Å². The molecule has 2 heteroatoms. The summed E-state index contributed by atoms with van der Waals surface area (Å²) in [5.74, 6) is 2.85. The Morgan fingerprint density at radius 1 is 1.26 bits per heavy atom. The van der Waals surface area contributed by atoms with Crippen molar-refractivity contribution in [1.29, 1.82) is 0 Å². The van der Waals surface area contributed by atoms with Gasteiger partial charge in [-0.3, -0.25) is 0 Å². The van der Waals surface area contributed by atoms with Crippen molar-refractivity contribution in [3.05, 3.63) is 34.9 Å². The van der Waals surface area contributed by atoms with Crippen LogP contribution in [0.15, 0.2) is 23.8 Å². The normalized spacial score (nSPS) is 24.1. The molecule has 1 aromatic rings. The lowest BCUT2D eigenvalue weighted by Crippen LogP contribution is -2.45. The van der Waals surface area contributed by atoms with E-state index in [1.54, 1.807) is 0 Å². The topological polar surface area (TPSA) is 29.5 Å². The van der Waals surface area contributed by atoms with Crippen LogP contribution in [0, 0.1) is 11.8 Å². The second kappa shape index (κ2) is 7.18. The van der Waals surface area contributed by atoms with Gasteiger partial charge in [-0.1, -0.05) is 52.2 Å². The van der Waals surface area contributed by atoms with Gasteiger partial charge >= 0.3 is 0 Å². The van der Waals surface area contributed by atoms with E-state index in [2.05, 4.69) is 60.6 Å². The molecule has 0 saturated carbocycles. The molecule has 0 radical (unpaired) electrons. The molecule has 0 fully saturated rings. The summed E-state index contributed by atoms with van der Waals surface area (Å²) < 4.78 is 6.49. The minimum absolute atomic E-state index is 0.0358. The van der Waals surface area contributed by atoms with E-state index >= 15 is 0 Å². The summed E-state index contributed by atoms with van der Waals surface area (Å²) in [4.78, 5) is 0. The smallest absolute Gasteiger partial charge is 0.127 e. The molecule has 0 spiro atoms. The third-order valence-electron chi connectivity index (χ3n) is 6.87. The summed E-state index contributed by atoms with van der Waals surface area (Å²) in [6.45, 7) is 15.8. The van der Waals surface area contributed by atoms with Crippen molar-refractivity contribution in [1.82, 2.24) is 0 Å². The van der Waals surface area contributed by atoms with E-state index in [1.807, 2.05) is 6.07 Å². The Bertz CT molecular complexity index is 724. The van der Waals surface area contributed by atoms with Crippen LogP contribution in [0.1, 0.15) is 97.6 Å². The van der Waals surface area contributed by atoms with Crippen LogP contribution in [0.3, 0.4) is 0 Å². The SMILES string of the molecule is CC1=CC[C@@H]2[C@@H](C1)c1c(O)cc(C(C)(C)CCCC(C)C)cc1OC2(C)C. The number of hydrogen-bond acceptors (Lipinski definition) is 2. The highest BCUT2D eigenvalue weighted by atomic mass is 16.5. The fourth-order valence-electron chi connectivity index (χ4n) is 5.05. The Kier molecular flexibility index (Phi) is 5.40. The molecule has 3 rings (SSSR count). The Balaban J connectivity index is 1.95. The van der Waals surface area contributed by atoms with E-state index in [4.69, 9.17) is 4.74 Å².